The second-order valence-electron chi connectivity index (χ2n) is 4.89. The van der Waals surface area contributed by atoms with Gasteiger partial charge in [-0.1, -0.05) is 0 Å². The highest BCUT2D eigenvalue weighted by Gasteiger charge is 2.35. The van der Waals surface area contributed by atoms with Crippen molar-refractivity contribution in [3.05, 3.63) is 0 Å². The molecule has 0 radical (unpaired) electrons. The molecule has 4 nitrogen and oxygen atoms in total. The van der Waals surface area contributed by atoms with Crippen LogP contribution in [-0.4, -0.2) is 47.2 Å². The Balaban J connectivity index is 2.17. The molecule has 17 heavy (non-hydrogen) atoms. The molecule has 0 N–H and O–H groups in total. The van der Waals surface area contributed by atoms with E-state index in [0.29, 0.717) is 0 Å². The van der Waals surface area contributed by atoms with Crippen LogP contribution in [0.5, 0.6) is 0 Å². The zero-order valence-electron chi connectivity index (χ0n) is 11.6. The topological polar surface area (TPSA) is 36.9 Å². The molecule has 0 saturated carbocycles. The summed E-state index contributed by atoms with van der Waals surface area (Å²) in [5.41, 5.74) is -0.0464. The average Bonchev–Trinajstić information content (AvgIpc) is 2.23. The molecule has 1 fully saturated rings. The van der Waals surface area contributed by atoms with Gasteiger partial charge in [-0.05, 0) is 39.8 Å². The molecule has 5 heteroatoms. The maximum absolute atomic E-state index is 5.80. The predicted octanol–water partition coefficient (Wildman–Crippen LogP) is 2.33. The molecule has 1 saturated heterocycles. The van der Waals surface area contributed by atoms with Gasteiger partial charge >= 0.3 is 8.56 Å². The van der Waals surface area contributed by atoms with Crippen LogP contribution in [0, 0.1) is 0 Å². The predicted molar refractivity (Wildman–Crippen MR) is 69.5 cm³/mol. The van der Waals surface area contributed by atoms with Gasteiger partial charge < -0.3 is 18.3 Å². The Kier molecular flexibility index (Phi) is 6.09. The summed E-state index contributed by atoms with van der Waals surface area (Å²) < 4.78 is 22.5. The van der Waals surface area contributed by atoms with Gasteiger partial charge in [0.1, 0.15) is 5.60 Å². The summed E-state index contributed by atoms with van der Waals surface area (Å²) in [6.07, 6.45) is 0.998. The van der Waals surface area contributed by atoms with Gasteiger partial charge in [-0.3, -0.25) is 0 Å². The minimum Gasteiger partial charge on any atom is -0.395 e. The van der Waals surface area contributed by atoms with Crippen molar-refractivity contribution in [2.75, 3.05) is 33.0 Å². The molecule has 0 aromatic heterocycles. The molecule has 0 atom stereocenters. The monoisotopic (exact) mass is 262 g/mol. The van der Waals surface area contributed by atoms with E-state index in [1.807, 2.05) is 13.8 Å². The second-order valence-corrected chi connectivity index (χ2v) is 8.24. The van der Waals surface area contributed by atoms with E-state index < -0.39 is 8.56 Å². The smallest absolute Gasteiger partial charge is 0.334 e. The fourth-order valence-electron chi connectivity index (χ4n) is 1.98. The summed E-state index contributed by atoms with van der Waals surface area (Å²) >= 11 is 0. The minimum absolute atomic E-state index is 0.0464. The van der Waals surface area contributed by atoms with Gasteiger partial charge in [0, 0.05) is 19.8 Å². The summed E-state index contributed by atoms with van der Waals surface area (Å²) in [7, 11) is -1.95. The fourth-order valence-corrected chi connectivity index (χ4v) is 4.36. The van der Waals surface area contributed by atoms with Crippen LogP contribution in [-0.2, 0) is 18.3 Å². The van der Waals surface area contributed by atoms with Crippen LogP contribution >= 0.6 is 0 Å². The van der Waals surface area contributed by atoms with Gasteiger partial charge in [-0.25, -0.2) is 0 Å². The largest absolute Gasteiger partial charge is 0.395 e. The molecule has 102 valence electrons. The van der Waals surface area contributed by atoms with E-state index >= 15 is 0 Å². The summed E-state index contributed by atoms with van der Waals surface area (Å²) in [6.45, 7) is 11.9. The third-order valence-electron chi connectivity index (χ3n) is 2.94. The molecule has 0 spiro atoms. The molecule has 1 aliphatic heterocycles. The normalized spacial score (nSPS) is 19.1. The maximum Gasteiger partial charge on any atom is 0.334 e. The number of rotatable bonds is 9. The summed E-state index contributed by atoms with van der Waals surface area (Å²) in [5, 5.41) is 0. The lowest BCUT2D eigenvalue weighted by molar-refractivity contribution is -0.198. The van der Waals surface area contributed by atoms with Gasteiger partial charge in [-0.15, -0.1) is 0 Å². The Morgan fingerprint density at radius 2 is 1.76 bits per heavy atom. The van der Waals surface area contributed by atoms with E-state index in [1.54, 1.807) is 0 Å². The first-order valence-electron chi connectivity index (χ1n) is 6.53. The van der Waals surface area contributed by atoms with Crippen molar-refractivity contribution >= 4 is 8.56 Å². The molecule has 1 aliphatic rings. The van der Waals surface area contributed by atoms with Crippen LogP contribution in [0.1, 0.15) is 27.2 Å². The number of hydrogen-bond donors (Lipinski definition) is 0. The molecule has 0 aromatic rings. The second kappa shape index (κ2) is 6.85. The van der Waals surface area contributed by atoms with E-state index in [-0.39, 0.29) is 5.60 Å². The van der Waals surface area contributed by atoms with Crippen molar-refractivity contribution in [1.82, 2.24) is 0 Å². The van der Waals surface area contributed by atoms with Gasteiger partial charge in [0.05, 0.1) is 13.2 Å². The zero-order chi connectivity index (χ0) is 12.8. The minimum atomic E-state index is -1.95. The molecule has 1 rings (SSSR count). The highest BCUT2D eigenvalue weighted by Crippen LogP contribution is 2.22. The van der Waals surface area contributed by atoms with Crippen molar-refractivity contribution in [1.29, 1.82) is 0 Å². The summed E-state index contributed by atoms with van der Waals surface area (Å²) in [4.78, 5) is 0. The van der Waals surface area contributed by atoms with Gasteiger partial charge in [0.2, 0.25) is 0 Å². The lowest BCUT2D eigenvalue weighted by atomic mass is 10.1. The lowest BCUT2D eigenvalue weighted by Crippen LogP contribution is -2.49. The first-order valence-corrected chi connectivity index (χ1v) is 9.05. The molecule has 0 aromatic carbocycles. The Morgan fingerprint density at radius 1 is 1.18 bits per heavy atom. The van der Waals surface area contributed by atoms with Crippen molar-refractivity contribution in [3.63, 3.8) is 0 Å². The van der Waals surface area contributed by atoms with Crippen LogP contribution < -0.4 is 0 Å². The third-order valence-corrected chi connectivity index (χ3v) is 6.00. The van der Waals surface area contributed by atoms with E-state index in [2.05, 4.69) is 13.5 Å². The van der Waals surface area contributed by atoms with Crippen molar-refractivity contribution < 1.29 is 18.3 Å². The Hall–Kier alpha value is 0.0569. The first-order chi connectivity index (χ1) is 8.04. The van der Waals surface area contributed by atoms with E-state index in [4.69, 9.17) is 18.3 Å². The lowest BCUT2D eigenvalue weighted by Gasteiger charge is -2.38. The SMILES string of the molecule is CCO[Si](C)(CCCOC1(C)COC1)OCC. The summed E-state index contributed by atoms with van der Waals surface area (Å²) in [6, 6.07) is 0.992. The van der Waals surface area contributed by atoms with Crippen molar-refractivity contribution in [2.45, 2.75) is 45.4 Å². The van der Waals surface area contributed by atoms with E-state index in [9.17, 15) is 0 Å². The van der Waals surface area contributed by atoms with Crippen LogP contribution in [0.25, 0.3) is 0 Å². The fraction of sp³-hybridized carbons (Fsp3) is 1.00. The maximum atomic E-state index is 5.80. The highest BCUT2D eigenvalue weighted by atomic mass is 28.4. The molecule has 0 amide bonds. The van der Waals surface area contributed by atoms with Gasteiger partial charge in [0.15, 0.2) is 0 Å². The van der Waals surface area contributed by atoms with E-state index in [1.165, 1.54) is 0 Å². The molecular formula is C12H26O4Si. The highest BCUT2D eigenvalue weighted by molar-refractivity contribution is 6.66. The van der Waals surface area contributed by atoms with Gasteiger partial charge in [-0.2, -0.15) is 0 Å². The molecule has 0 aliphatic carbocycles. The zero-order valence-corrected chi connectivity index (χ0v) is 12.6. The quantitative estimate of drug-likeness (QED) is 0.472. The van der Waals surface area contributed by atoms with Crippen molar-refractivity contribution in [3.8, 4) is 0 Å². The summed E-state index contributed by atoms with van der Waals surface area (Å²) in [5.74, 6) is 0. The third kappa shape index (κ3) is 5.05. The molecular weight excluding hydrogens is 236 g/mol. The van der Waals surface area contributed by atoms with Crippen LogP contribution in [0.15, 0.2) is 0 Å². The van der Waals surface area contributed by atoms with Crippen LogP contribution in [0.3, 0.4) is 0 Å². The molecule has 0 unspecified atom stereocenters. The standard InChI is InChI=1S/C12H26O4Si/c1-5-15-17(4,16-6-2)9-7-8-14-12(3)10-13-11-12/h5-11H2,1-4H3. The van der Waals surface area contributed by atoms with Gasteiger partial charge in [0.25, 0.3) is 0 Å². The first kappa shape index (κ1) is 15.1. The molecule has 1 heterocycles. The average molecular weight is 262 g/mol. The Bertz CT molecular complexity index is 213. The Labute approximate surface area is 106 Å². The molecule has 0 bridgehead atoms. The van der Waals surface area contributed by atoms with Crippen molar-refractivity contribution in [2.24, 2.45) is 0 Å². The number of hydrogen-bond acceptors (Lipinski definition) is 4. The van der Waals surface area contributed by atoms with Crippen LogP contribution in [0.4, 0.5) is 0 Å². The van der Waals surface area contributed by atoms with E-state index in [0.717, 1.165) is 45.5 Å². The Morgan fingerprint density at radius 3 is 2.18 bits per heavy atom. The number of ether oxygens (including phenoxy) is 2. The van der Waals surface area contributed by atoms with Crippen LogP contribution in [0.2, 0.25) is 12.6 Å².